The van der Waals surface area contributed by atoms with E-state index in [9.17, 15) is 0 Å². The van der Waals surface area contributed by atoms with Crippen LogP contribution in [0.3, 0.4) is 0 Å². The maximum Gasteiger partial charge on any atom is 0.310 e. The molecule has 5 heavy (non-hydrogen) atoms. The molecule has 0 saturated carbocycles. The van der Waals surface area contributed by atoms with Crippen LogP contribution in [-0.2, 0) is 4.57 Å². The molecule has 0 radical (unpaired) electrons. The van der Waals surface area contributed by atoms with Crippen LogP contribution in [0.2, 0.25) is 0 Å². The molecule has 0 spiro atoms. The smallest absolute Gasteiger partial charge is 0.310 e. The molecule has 0 rings (SSSR count). The Morgan fingerprint density at radius 2 is 1.40 bits per heavy atom. The molecular weight excluding hydrogens is 85.0 g/mol. The fourth-order valence-electron chi connectivity index (χ4n) is 0. The minimum Gasteiger partial charge on any atom is -0.323 e. The molecular formula is C2H9NOP+. The molecule has 0 saturated heterocycles. The third-order valence-electron chi connectivity index (χ3n) is 0. The molecule has 2 nitrogen and oxygen atoms in total. The van der Waals surface area contributed by atoms with Gasteiger partial charge in [0.1, 0.15) is 0 Å². The topological polar surface area (TPSA) is 29.1 Å². The highest BCUT2D eigenvalue weighted by Crippen LogP contribution is 1.23. The van der Waals surface area contributed by atoms with Crippen molar-refractivity contribution in [3.05, 3.63) is 0 Å². The van der Waals surface area contributed by atoms with Gasteiger partial charge in [-0.15, -0.1) is 0 Å². The highest BCUT2D eigenvalue weighted by Gasteiger charge is 1.25. The average Bonchev–Trinajstić information content (AvgIpc) is 1.46. The molecule has 0 aliphatic carbocycles. The Morgan fingerprint density at radius 3 is 1.40 bits per heavy atom. The van der Waals surface area contributed by atoms with Crippen LogP contribution in [0.25, 0.3) is 0 Å². The van der Waals surface area contributed by atoms with Gasteiger partial charge in [0.15, 0.2) is 0 Å². The highest BCUT2D eigenvalue weighted by molar-refractivity contribution is 7.00. The van der Waals surface area contributed by atoms with Gasteiger partial charge in [0.2, 0.25) is 0 Å². The summed E-state index contributed by atoms with van der Waals surface area (Å²) in [6.45, 7) is 0. The Hall–Kier alpha value is 0.0600. The van der Waals surface area contributed by atoms with Crippen molar-refractivity contribution in [3.63, 3.8) is 0 Å². The minimum absolute atomic E-state index is 1.17. The van der Waals surface area contributed by atoms with Crippen molar-refractivity contribution in [2.45, 2.75) is 0 Å². The molecule has 0 aliphatic rings. The Balaban J connectivity index is 0. The number of nitrogens with one attached hydrogen (secondary N) is 1. The molecule has 0 aromatic rings. The summed E-state index contributed by atoms with van der Waals surface area (Å²) in [5, 5.41) is 2.75. The molecule has 0 heterocycles. The number of hydrogen-bond acceptors (Lipinski definition) is 2. The van der Waals surface area contributed by atoms with E-state index in [1.54, 1.807) is 0 Å². The van der Waals surface area contributed by atoms with E-state index in [-0.39, 0.29) is 0 Å². The Bertz CT molecular complexity index is 13.6. The van der Waals surface area contributed by atoms with Gasteiger partial charge in [-0.3, -0.25) is 0 Å². The molecule has 1 atom stereocenters. The van der Waals surface area contributed by atoms with Crippen molar-refractivity contribution in [2.24, 2.45) is 0 Å². The van der Waals surface area contributed by atoms with Gasteiger partial charge in [0.25, 0.3) is 0 Å². The van der Waals surface area contributed by atoms with E-state index < -0.39 is 0 Å². The van der Waals surface area contributed by atoms with Crippen LogP contribution in [0.1, 0.15) is 0 Å². The van der Waals surface area contributed by atoms with Crippen molar-refractivity contribution in [3.8, 4) is 0 Å². The summed E-state index contributed by atoms with van der Waals surface area (Å²) >= 11 is 0. The van der Waals surface area contributed by atoms with Crippen LogP contribution < -0.4 is 5.32 Å². The molecule has 1 N–H and O–H groups in total. The fourth-order valence-corrected chi connectivity index (χ4v) is 0. The zero-order valence-electron chi connectivity index (χ0n) is 3.49. The molecule has 0 aliphatic heterocycles. The molecule has 0 bridgehead atoms. The van der Waals surface area contributed by atoms with Gasteiger partial charge >= 0.3 is 9.12 Å². The van der Waals surface area contributed by atoms with Crippen LogP contribution in [0.5, 0.6) is 0 Å². The van der Waals surface area contributed by atoms with Crippen LogP contribution >= 0.6 is 9.12 Å². The van der Waals surface area contributed by atoms with Crippen LogP contribution in [0.15, 0.2) is 0 Å². The lowest BCUT2D eigenvalue weighted by atomic mass is 11.3. The SMILES string of the molecule is CNC.O=[PH2+]. The second-order valence-electron chi connectivity index (χ2n) is 0.500. The van der Waals surface area contributed by atoms with Crippen LogP contribution in [-0.4, -0.2) is 14.1 Å². The summed E-state index contributed by atoms with van der Waals surface area (Å²) in [5.74, 6) is 0. The van der Waals surface area contributed by atoms with Crippen molar-refractivity contribution >= 4 is 9.12 Å². The van der Waals surface area contributed by atoms with Crippen LogP contribution in [0, 0.1) is 0 Å². The lowest BCUT2D eigenvalue weighted by molar-refractivity contribution is 0.607. The quantitative estimate of drug-likeness (QED) is 0.429. The van der Waals surface area contributed by atoms with Crippen molar-refractivity contribution in [2.75, 3.05) is 14.1 Å². The molecule has 0 aromatic heterocycles. The van der Waals surface area contributed by atoms with Crippen molar-refractivity contribution in [1.29, 1.82) is 0 Å². The van der Waals surface area contributed by atoms with E-state index >= 15 is 0 Å². The molecule has 3 heteroatoms. The third kappa shape index (κ3) is 4790. The van der Waals surface area contributed by atoms with Gasteiger partial charge in [0, 0.05) is 0 Å². The van der Waals surface area contributed by atoms with Gasteiger partial charge in [-0.05, 0) is 14.1 Å². The Kier molecular flexibility index (Phi) is 60.3. The molecule has 0 amide bonds. The zero-order valence-corrected chi connectivity index (χ0v) is 4.64. The van der Waals surface area contributed by atoms with E-state index in [1.165, 1.54) is 9.12 Å². The first-order chi connectivity index (χ1) is 2.41. The van der Waals surface area contributed by atoms with Crippen molar-refractivity contribution < 1.29 is 4.57 Å². The fraction of sp³-hybridized carbons (Fsp3) is 1.00. The zero-order chi connectivity index (χ0) is 4.71. The van der Waals surface area contributed by atoms with Gasteiger partial charge in [-0.1, -0.05) is 4.57 Å². The summed E-state index contributed by atoms with van der Waals surface area (Å²) in [5.41, 5.74) is 0. The van der Waals surface area contributed by atoms with E-state index in [0.717, 1.165) is 0 Å². The van der Waals surface area contributed by atoms with Gasteiger partial charge in [-0.2, -0.15) is 0 Å². The monoisotopic (exact) mass is 94.0 g/mol. The summed E-state index contributed by atoms with van der Waals surface area (Å²) in [6.07, 6.45) is 0. The highest BCUT2D eigenvalue weighted by atomic mass is 31.0. The largest absolute Gasteiger partial charge is 0.323 e. The van der Waals surface area contributed by atoms with E-state index in [2.05, 4.69) is 5.32 Å². The van der Waals surface area contributed by atoms with E-state index in [4.69, 9.17) is 4.57 Å². The summed E-state index contributed by atoms with van der Waals surface area (Å²) in [7, 11) is 4.92. The predicted molar refractivity (Wildman–Crippen MR) is 25.4 cm³/mol. The van der Waals surface area contributed by atoms with Gasteiger partial charge in [0.05, 0.1) is 0 Å². The first-order valence-corrected chi connectivity index (χ1v) is 1.71. The molecule has 0 aromatic carbocycles. The third-order valence-corrected chi connectivity index (χ3v) is 0. The lowest BCUT2D eigenvalue weighted by Gasteiger charge is -1.59. The number of hydrogen-bond donors (Lipinski definition) is 1. The second kappa shape index (κ2) is 33.8. The summed E-state index contributed by atoms with van der Waals surface area (Å²) in [4.78, 5) is 0. The first-order valence-electron chi connectivity index (χ1n) is 1.24. The molecule has 0 fully saturated rings. The summed E-state index contributed by atoms with van der Waals surface area (Å²) < 4.78 is 8.17. The minimum atomic E-state index is 1.17. The summed E-state index contributed by atoms with van der Waals surface area (Å²) in [6, 6.07) is 0. The van der Waals surface area contributed by atoms with Crippen LogP contribution in [0.4, 0.5) is 0 Å². The molecule has 32 valence electrons. The molecule has 1 unspecified atom stereocenters. The maximum absolute atomic E-state index is 8.17. The normalized spacial score (nSPS) is 4.40. The Labute approximate surface area is 34.2 Å². The Morgan fingerprint density at radius 1 is 1.40 bits per heavy atom. The lowest BCUT2D eigenvalue weighted by Crippen LogP contribution is -1.89. The van der Waals surface area contributed by atoms with E-state index in [1.807, 2.05) is 14.1 Å². The standard InChI is InChI=1S/C2H7N.H2OP/c1-3-2;1-2/h3H,1-2H3;2H2/q;+1. The van der Waals surface area contributed by atoms with Gasteiger partial charge in [-0.25, -0.2) is 0 Å². The second-order valence-corrected chi connectivity index (χ2v) is 0.500. The first kappa shape index (κ1) is 8.91. The predicted octanol–water partition coefficient (Wildman–Crippen LogP) is 0.0426. The van der Waals surface area contributed by atoms with Gasteiger partial charge < -0.3 is 5.32 Å². The number of rotatable bonds is 0. The van der Waals surface area contributed by atoms with Crippen molar-refractivity contribution in [1.82, 2.24) is 5.32 Å². The van der Waals surface area contributed by atoms with E-state index in [0.29, 0.717) is 0 Å². The average molecular weight is 94.1 g/mol. The maximum atomic E-state index is 8.17.